The van der Waals surface area contributed by atoms with Crippen LogP contribution in [0.5, 0.6) is 0 Å². The summed E-state index contributed by atoms with van der Waals surface area (Å²) in [5.41, 5.74) is 4.70. The molecule has 0 radical (unpaired) electrons. The molecule has 0 unspecified atom stereocenters. The third kappa shape index (κ3) is 9.49. The van der Waals surface area contributed by atoms with Crippen molar-refractivity contribution >= 4 is 8.32 Å². The zero-order valence-corrected chi connectivity index (χ0v) is 26.9. The maximum atomic E-state index is 7.10. The van der Waals surface area contributed by atoms with E-state index in [0.29, 0.717) is 43.1 Å². The van der Waals surface area contributed by atoms with E-state index in [1.165, 1.54) is 0 Å². The highest BCUT2D eigenvalue weighted by Gasteiger charge is 2.46. The number of hydrogen-bond donors (Lipinski definition) is 0. The van der Waals surface area contributed by atoms with Crippen LogP contribution in [0.25, 0.3) is 0 Å². The molecule has 3 aromatic rings. The topological polar surface area (TPSA) is 36.9 Å². The molecular weight excluding hydrogens is 524 g/mol. The van der Waals surface area contributed by atoms with Crippen LogP contribution in [0.15, 0.2) is 104 Å². The van der Waals surface area contributed by atoms with Gasteiger partial charge in [-0.1, -0.05) is 139 Å². The average Bonchev–Trinajstić information content (AvgIpc) is 2.98. The number of benzene rings is 3. The van der Waals surface area contributed by atoms with Crippen LogP contribution < -0.4 is 0 Å². The molecule has 3 rings (SSSR count). The summed E-state index contributed by atoms with van der Waals surface area (Å²) in [6.07, 6.45) is 0.672. The number of ether oxygens (including phenoxy) is 3. The van der Waals surface area contributed by atoms with Crippen molar-refractivity contribution in [1.29, 1.82) is 0 Å². The molecule has 0 heterocycles. The molecule has 5 heteroatoms. The van der Waals surface area contributed by atoms with Crippen molar-refractivity contribution in [2.75, 3.05) is 6.61 Å². The molecule has 0 bridgehead atoms. The molecule has 0 amide bonds. The maximum absolute atomic E-state index is 7.10. The first-order valence-corrected chi connectivity index (χ1v) is 17.1. The van der Waals surface area contributed by atoms with Crippen molar-refractivity contribution in [2.24, 2.45) is 0 Å². The molecule has 0 saturated carbocycles. The molecule has 0 fully saturated rings. The van der Waals surface area contributed by atoms with Gasteiger partial charge >= 0.3 is 0 Å². The summed E-state index contributed by atoms with van der Waals surface area (Å²) in [4.78, 5) is 0. The highest BCUT2D eigenvalue weighted by atomic mass is 28.4. The number of hydrogen-bond acceptors (Lipinski definition) is 4. The predicted molar refractivity (Wildman–Crippen MR) is 172 cm³/mol. The molecule has 0 aliphatic heterocycles. The van der Waals surface area contributed by atoms with Crippen molar-refractivity contribution in [3.63, 3.8) is 0 Å². The molecular formula is C36H50O4Si. The van der Waals surface area contributed by atoms with Crippen LogP contribution in [0.4, 0.5) is 0 Å². The summed E-state index contributed by atoms with van der Waals surface area (Å²) < 4.78 is 26.9. The van der Waals surface area contributed by atoms with Gasteiger partial charge in [-0.05, 0) is 33.3 Å². The Labute approximate surface area is 249 Å². The Hall–Kier alpha value is -2.54. The van der Waals surface area contributed by atoms with Crippen LogP contribution >= 0.6 is 0 Å². The molecule has 41 heavy (non-hydrogen) atoms. The van der Waals surface area contributed by atoms with E-state index in [2.05, 4.69) is 84.5 Å². The first-order chi connectivity index (χ1) is 19.8. The SMILES string of the molecule is C=C[C@H](OCc1ccccc1)[C@@H](OCc1ccccc1)[C@@H](CO[Si](C(C)C)(C(C)C)C(C)C)OCc1ccccc1. The van der Waals surface area contributed by atoms with Crippen LogP contribution in [-0.4, -0.2) is 33.2 Å². The molecule has 0 aliphatic carbocycles. The summed E-state index contributed by atoms with van der Waals surface area (Å²) in [5.74, 6) is 0. The van der Waals surface area contributed by atoms with Crippen LogP contribution in [0, 0.1) is 0 Å². The van der Waals surface area contributed by atoms with E-state index in [4.69, 9.17) is 18.6 Å². The predicted octanol–water partition coefficient (Wildman–Crippen LogP) is 9.12. The average molecular weight is 575 g/mol. The van der Waals surface area contributed by atoms with Gasteiger partial charge in [-0.2, -0.15) is 0 Å². The van der Waals surface area contributed by atoms with Crippen LogP contribution in [0.1, 0.15) is 58.2 Å². The fourth-order valence-corrected chi connectivity index (χ4v) is 11.4. The Morgan fingerprint density at radius 1 is 0.585 bits per heavy atom. The van der Waals surface area contributed by atoms with Gasteiger partial charge in [0.15, 0.2) is 8.32 Å². The van der Waals surface area contributed by atoms with Gasteiger partial charge < -0.3 is 18.6 Å². The Morgan fingerprint density at radius 2 is 0.976 bits per heavy atom. The van der Waals surface area contributed by atoms with Gasteiger partial charge in [0.25, 0.3) is 0 Å². The van der Waals surface area contributed by atoms with Crippen LogP contribution in [-0.2, 0) is 38.5 Å². The normalized spacial score (nSPS) is 14.4. The second-order valence-corrected chi connectivity index (χ2v) is 17.2. The van der Waals surface area contributed by atoms with E-state index in [1.54, 1.807) is 0 Å². The van der Waals surface area contributed by atoms with E-state index < -0.39 is 20.5 Å². The largest absolute Gasteiger partial charge is 0.413 e. The fourth-order valence-electron chi connectivity index (χ4n) is 5.99. The third-order valence-corrected chi connectivity index (χ3v) is 14.1. The van der Waals surface area contributed by atoms with E-state index in [9.17, 15) is 0 Å². The lowest BCUT2D eigenvalue weighted by Crippen LogP contribution is -2.52. The van der Waals surface area contributed by atoms with Crippen molar-refractivity contribution in [2.45, 2.75) is 96.3 Å². The van der Waals surface area contributed by atoms with E-state index in [-0.39, 0.29) is 6.10 Å². The lowest BCUT2D eigenvalue weighted by Gasteiger charge is -2.44. The lowest BCUT2D eigenvalue weighted by atomic mass is 10.1. The highest BCUT2D eigenvalue weighted by Crippen LogP contribution is 2.42. The van der Waals surface area contributed by atoms with Gasteiger partial charge in [-0.3, -0.25) is 0 Å². The van der Waals surface area contributed by atoms with Crippen LogP contribution in [0.2, 0.25) is 16.6 Å². The van der Waals surface area contributed by atoms with Gasteiger partial charge in [0.2, 0.25) is 0 Å². The monoisotopic (exact) mass is 574 g/mol. The van der Waals surface area contributed by atoms with Gasteiger partial charge in [0, 0.05) is 0 Å². The highest BCUT2D eigenvalue weighted by molar-refractivity contribution is 6.77. The van der Waals surface area contributed by atoms with Gasteiger partial charge in [-0.15, -0.1) is 6.58 Å². The molecule has 0 aromatic heterocycles. The Morgan fingerprint density at radius 3 is 1.37 bits per heavy atom. The Balaban J connectivity index is 1.93. The van der Waals surface area contributed by atoms with Crippen molar-refractivity contribution in [3.05, 3.63) is 120 Å². The molecule has 3 aromatic carbocycles. The summed E-state index contributed by atoms with van der Waals surface area (Å²) in [6, 6.07) is 30.7. The number of rotatable bonds is 18. The second-order valence-electron chi connectivity index (χ2n) is 11.7. The van der Waals surface area contributed by atoms with Crippen LogP contribution in [0.3, 0.4) is 0 Å². The minimum Gasteiger partial charge on any atom is -0.413 e. The van der Waals surface area contributed by atoms with Crippen molar-refractivity contribution in [1.82, 2.24) is 0 Å². The maximum Gasteiger partial charge on any atom is 0.200 e. The van der Waals surface area contributed by atoms with Crippen molar-refractivity contribution < 1.29 is 18.6 Å². The summed E-state index contributed by atoms with van der Waals surface area (Å²) in [5, 5.41) is 0. The third-order valence-electron chi connectivity index (χ3n) is 8.00. The molecule has 0 saturated heterocycles. The van der Waals surface area contributed by atoms with Crippen molar-refractivity contribution in [3.8, 4) is 0 Å². The Bertz CT molecular complexity index is 1100. The quantitative estimate of drug-likeness (QED) is 0.112. The van der Waals surface area contributed by atoms with Gasteiger partial charge in [0.1, 0.15) is 18.3 Å². The first-order valence-electron chi connectivity index (χ1n) is 15.0. The van der Waals surface area contributed by atoms with E-state index in [0.717, 1.165) is 16.7 Å². The molecule has 3 atom stereocenters. The molecule has 0 spiro atoms. The fraction of sp³-hybridized carbons (Fsp3) is 0.444. The molecule has 4 nitrogen and oxygen atoms in total. The zero-order valence-electron chi connectivity index (χ0n) is 25.9. The molecule has 222 valence electrons. The second kappa shape index (κ2) is 16.8. The van der Waals surface area contributed by atoms with Gasteiger partial charge in [-0.25, -0.2) is 0 Å². The molecule has 0 N–H and O–H groups in total. The smallest absolute Gasteiger partial charge is 0.200 e. The standard InChI is InChI=1S/C36H50O4Si/c1-8-34(37-24-31-18-12-9-13-19-31)36(39-26-33-22-16-11-17-23-33)35(38-25-32-20-14-10-15-21-32)27-40-41(28(2)3,29(4)5)30(6)7/h8-23,28-30,34-36H,1,24-27H2,2-7H3/t34-,35+,36+/m0/s1. The first kappa shape index (κ1) is 33.0. The van der Waals surface area contributed by atoms with E-state index >= 15 is 0 Å². The minimum atomic E-state index is -2.15. The summed E-state index contributed by atoms with van der Waals surface area (Å²) in [6.45, 7) is 19.8. The Kier molecular flexibility index (Phi) is 13.5. The summed E-state index contributed by atoms with van der Waals surface area (Å²) >= 11 is 0. The molecule has 0 aliphatic rings. The zero-order chi connectivity index (χ0) is 29.7. The summed E-state index contributed by atoms with van der Waals surface area (Å²) in [7, 11) is -2.15. The lowest BCUT2D eigenvalue weighted by molar-refractivity contribution is -0.148. The van der Waals surface area contributed by atoms with E-state index in [1.807, 2.05) is 60.7 Å². The minimum absolute atomic E-state index is 0.360. The van der Waals surface area contributed by atoms with Gasteiger partial charge in [0.05, 0.1) is 26.4 Å².